The van der Waals surface area contributed by atoms with E-state index in [4.69, 9.17) is 17.3 Å². The summed E-state index contributed by atoms with van der Waals surface area (Å²) in [6.45, 7) is 5.18. The predicted octanol–water partition coefficient (Wildman–Crippen LogP) is 4.78. The Morgan fingerprint density at radius 1 is 1.29 bits per heavy atom. The summed E-state index contributed by atoms with van der Waals surface area (Å²) >= 11 is 7.33. The Balaban J connectivity index is 1.96. The normalized spacial score (nSPS) is 14.0. The summed E-state index contributed by atoms with van der Waals surface area (Å²) in [5, 5.41) is 9.79. The van der Waals surface area contributed by atoms with Gasteiger partial charge in [0, 0.05) is 16.1 Å². The minimum Gasteiger partial charge on any atom is -0.481 e. The van der Waals surface area contributed by atoms with Crippen LogP contribution in [0.4, 0.5) is 5.13 Å². The zero-order valence-electron chi connectivity index (χ0n) is 16.3. The van der Waals surface area contributed by atoms with Crippen LogP contribution in [0, 0.1) is 0 Å². The molecule has 31 heavy (non-hydrogen) atoms. The molecule has 0 radical (unpaired) electrons. The fraction of sp³-hybridized carbons (Fsp3) is 0.143. The first kappa shape index (κ1) is 21.4. The summed E-state index contributed by atoms with van der Waals surface area (Å²) in [7, 11) is -4.13. The molecule has 160 valence electrons. The lowest BCUT2D eigenvalue weighted by molar-refractivity contribution is -0.138. The number of hydrogen-bond acceptors (Lipinski definition) is 6. The second-order valence-corrected chi connectivity index (χ2v) is 10.5. The summed E-state index contributed by atoms with van der Waals surface area (Å²) in [6.07, 6.45) is 1.33. The molecule has 3 N–H and O–H groups in total. The predicted molar refractivity (Wildman–Crippen MR) is 124 cm³/mol. The van der Waals surface area contributed by atoms with Gasteiger partial charge in [-0.15, -0.1) is 6.58 Å². The second kappa shape index (κ2) is 7.67. The fourth-order valence-electron chi connectivity index (χ4n) is 3.57. The Kier molecular flexibility index (Phi) is 5.28. The molecule has 0 bridgehead atoms. The third-order valence-corrected chi connectivity index (χ3v) is 8.21. The van der Waals surface area contributed by atoms with E-state index in [2.05, 4.69) is 11.6 Å². The lowest BCUT2D eigenvalue weighted by atomic mass is 10.1. The van der Waals surface area contributed by atoms with Crippen molar-refractivity contribution in [1.82, 2.24) is 8.96 Å². The molecule has 4 aromatic rings. The number of nitrogens with two attached hydrogens (primary N) is 1. The first-order valence-electron chi connectivity index (χ1n) is 9.20. The fourth-order valence-corrected chi connectivity index (χ4v) is 6.44. The van der Waals surface area contributed by atoms with Crippen LogP contribution >= 0.6 is 22.9 Å². The van der Waals surface area contributed by atoms with Gasteiger partial charge in [0.1, 0.15) is 5.25 Å². The molecular formula is C21H18ClN3O4S2. The van der Waals surface area contributed by atoms with Crippen molar-refractivity contribution >= 4 is 65.2 Å². The molecule has 0 fully saturated rings. The van der Waals surface area contributed by atoms with Crippen LogP contribution in [-0.4, -0.2) is 28.5 Å². The Bertz CT molecular complexity index is 1460. The molecule has 0 amide bonds. The molecule has 2 atom stereocenters. The van der Waals surface area contributed by atoms with E-state index in [9.17, 15) is 18.3 Å². The maximum atomic E-state index is 13.8. The summed E-state index contributed by atoms with van der Waals surface area (Å²) in [5.74, 6) is -2.20. The molecule has 7 nitrogen and oxygen atoms in total. The highest BCUT2D eigenvalue weighted by Crippen LogP contribution is 2.36. The first-order chi connectivity index (χ1) is 14.6. The monoisotopic (exact) mass is 475 g/mol. The van der Waals surface area contributed by atoms with Crippen molar-refractivity contribution in [1.29, 1.82) is 0 Å². The van der Waals surface area contributed by atoms with E-state index in [0.29, 0.717) is 32.1 Å². The quantitative estimate of drug-likeness (QED) is 0.388. The number of hydrogen-bond donors (Lipinski definition) is 2. The van der Waals surface area contributed by atoms with E-state index in [-0.39, 0.29) is 5.69 Å². The van der Waals surface area contributed by atoms with E-state index < -0.39 is 27.2 Å². The molecule has 10 heteroatoms. The third kappa shape index (κ3) is 3.58. The maximum Gasteiger partial charge on any atom is 0.312 e. The number of benzene rings is 2. The van der Waals surface area contributed by atoms with Gasteiger partial charge in [-0.25, -0.2) is 17.4 Å². The highest BCUT2D eigenvalue weighted by molar-refractivity contribution is 7.90. The van der Waals surface area contributed by atoms with Gasteiger partial charge in [0.05, 0.1) is 21.7 Å². The van der Waals surface area contributed by atoms with Gasteiger partial charge in [-0.2, -0.15) is 0 Å². The van der Waals surface area contributed by atoms with Crippen LogP contribution in [0.3, 0.4) is 0 Å². The Morgan fingerprint density at radius 2 is 2.03 bits per heavy atom. The molecule has 0 aliphatic rings. The lowest BCUT2D eigenvalue weighted by Gasteiger charge is -2.20. The summed E-state index contributed by atoms with van der Waals surface area (Å²) in [5.41, 5.74) is 7.41. The van der Waals surface area contributed by atoms with Crippen molar-refractivity contribution in [3.05, 3.63) is 71.4 Å². The Hall–Kier alpha value is -2.88. The van der Waals surface area contributed by atoms with Crippen LogP contribution in [-0.2, 0) is 14.8 Å². The van der Waals surface area contributed by atoms with Crippen molar-refractivity contribution in [2.24, 2.45) is 0 Å². The lowest BCUT2D eigenvalue weighted by Crippen LogP contribution is -2.24. The number of carboxylic acids is 1. The van der Waals surface area contributed by atoms with Crippen molar-refractivity contribution in [3.8, 4) is 0 Å². The molecule has 2 aromatic heterocycles. The van der Waals surface area contributed by atoms with Gasteiger partial charge in [-0.05, 0) is 48.9 Å². The zero-order valence-corrected chi connectivity index (χ0v) is 18.7. The first-order valence-corrected chi connectivity index (χ1v) is 11.9. The summed E-state index contributed by atoms with van der Waals surface area (Å²) in [4.78, 5) is 15.9. The van der Waals surface area contributed by atoms with Crippen LogP contribution in [0.2, 0.25) is 5.02 Å². The van der Waals surface area contributed by atoms with Gasteiger partial charge in [-0.3, -0.25) is 4.79 Å². The standard InChI is InChI=1S/C21H18ClN3O4S2/c1-3-19(12-4-6-15-18(10-12)30-21(23)24-15)31(28,29)25-16-7-5-14(22)8-13(16)9-17(25)11(2)20(26)27/h3-11,19H,1H2,2H3,(H2,23,24)(H,26,27). The highest BCUT2D eigenvalue weighted by Gasteiger charge is 2.33. The minimum atomic E-state index is -4.13. The molecule has 4 rings (SSSR count). The molecule has 0 aliphatic heterocycles. The maximum absolute atomic E-state index is 13.8. The van der Waals surface area contributed by atoms with Gasteiger partial charge in [0.2, 0.25) is 10.0 Å². The van der Waals surface area contributed by atoms with Gasteiger partial charge in [0.15, 0.2) is 5.13 Å². The molecule has 0 saturated carbocycles. The van der Waals surface area contributed by atoms with Crippen molar-refractivity contribution in [2.45, 2.75) is 18.1 Å². The van der Waals surface area contributed by atoms with E-state index >= 15 is 0 Å². The summed E-state index contributed by atoms with van der Waals surface area (Å²) in [6, 6.07) is 11.4. The van der Waals surface area contributed by atoms with Crippen LogP contribution in [0.1, 0.15) is 29.3 Å². The third-order valence-electron chi connectivity index (χ3n) is 5.11. The van der Waals surface area contributed by atoms with E-state index in [1.807, 2.05) is 0 Å². The van der Waals surface area contributed by atoms with Gasteiger partial charge < -0.3 is 10.8 Å². The highest BCUT2D eigenvalue weighted by atomic mass is 35.5. The van der Waals surface area contributed by atoms with Crippen LogP contribution < -0.4 is 5.73 Å². The number of nitrogens with zero attached hydrogens (tertiary/aromatic N) is 2. The molecule has 2 heterocycles. The molecular weight excluding hydrogens is 458 g/mol. The zero-order chi connectivity index (χ0) is 22.5. The number of carbonyl (C=O) groups is 1. The number of aromatic nitrogens is 2. The number of halogens is 1. The number of aliphatic carboxylic acids is 1. The van der Waals surface area contributed by atoms with Crippen molar-refractivity contribution in [3.63, 3.8) is 0 Å². The van der Waals surface area contributed by atoms with Crippen LogP contribution in [0.25, 0.3) is 21.1 Å². The molecule has 2 aromatic carbocycles. The molecule has 0 spiro atoms. The number of anilines is 1. The summed E-state index contributed by atoms with van der Waals surface area (Å²) < 4.78 is 29.5. The van der Waals surface area contributed by atoms with Gasteiger partial charge >= 0.3 is 5.97 Å². The van der Waals surface area contributed by atoms with Gasteiger partial charge in [0.25, 0.3) is 0 Å². The van der Waals surface area contributed by atoms with Crippen molar-refractivity contribution < 1.29 is 18.3 Å². The molecule has 0 aliphatic carbocycles. The largest absolute Gasteiger partial charge is 0.481 e. The minimum absolute atomic E-state index is 0.139. The number of nitrogen functional groups attached to an aromatic ring is 1. The molecule has 0 saturated heterocycles. The number of fused-ring (bicyclic) bond motifs is 2. The van der Waals surface area contributed by atoms with Crippen molar-refractivity contribution in [2.75, 3.05) is 5.73 Å². The average molecular weight is 476 g/mol. The molecule has 2 unspecified atom stereocenters. The average Bonchev–Trinajstić information content (AvgIpc) is 3.26. The topological polar surface area (TPSA) is 115 Å². The van der Waals surface area contributed by atoms with E-state index in [1.54, 1.807) is 42.5 Å². The van der Waals surface area contributed by atoms with E-state index in [0.717, 1.165) is 8.67 Å². The number of carboxylic acid groups (broad SMARTS) is 1. The van der Waals surface area contributed by atoms with E-state index in [1.165, 1.54) is 24.3 Å². The van der Waals surface area contributed by atoms with Crippen LogP contribution in [0.15, 0.2) is 55.1 Å². The van der Waals surface area contributed by atoms with Crippen LogP contribution in [0.5, 0.6) is 0 Å². The van der Waals surface area contributed by atoms with Gasteiger partial charge in [-0.1, -0.05) is 35.1 Å². The number of thiazole rings is 1. The Morgan fingerprint density at radius 3 is 2.71 bits per heavy atom. The number of rotatable bonds is 6. The second-order valence-electron chi connectivity index (χ2n) is 7.08. The SMILES string of the molecule is C=CC(c1ccc2nc(N)sc2c1)S(=O)(=O)n1c(C(C)C(=O)O)cc2cc(Cl)ccc21. The Labute approximate surface area is 187 Å². The smallest absolute Gasteiger partial charge is 0.312 e.